The van der Waals surface area contributed by atoms with Crippen LogP contribution in [0.2, 0.25) is 0 Å². The van der Waals surface area contributed by atoms with Crippen LogP contribution in [0.5, 0.6) is 11.5 Å². The summed E-state index contributed by atoms with van der Waals surface area (Å²) in [6, 6.07) is 10.1. The average molecular weight is 478 g/mol. The number of primary sulfonamides is 1. The lowest BCUT2D eigenvalue weighted by Crippen LogP contribution is -2.38. The predicted octanol–water partition coefficient (Wildman–Crippen LogP) is 1.94. The molecule has 9 nitrogen and oxygen atoms in total. The summed E-state index contributed by atoms with van der Waals surface area (Å²) in [5.74, 6) is 0.985. The smallest absolute Gasteiger partial charge is 0.253 e. The molecule has 0 atom stereocenters. The van der Waals surface area contributed by atoms with E-state index in [1.807, 2.05) is 36.9 Å². The Labute approximate surface area is 194 Å². The zero-order chi connectivity index (χ0) is 23.8. The normalized spacial score (nSPS) is 14.1. The number of morpholine rings is 1. The van der Waals surface area contributed by atoms with Crippen LogP contribution >= 0.6 is 0 Å². The summed E-state index contributed by atoms with van der Waals surface area (Å²) >= 11 is 0. The molecule has 180 valence electrons. The lowest BCUT2D eigenvalue weighted by Gasteiger charge is -2.30. The highest BCUT2D eigenvalue weighted by atomic mass is 32.2. The number of nitrogens with zero attached hydrogens (tertiary/aromatic N) is 1. The van der Waals surface area contributed by atoms with Crippen molar-refractivity contribution in [2.75, 3.05) is 51.0 Å². The highest BCUT2D eigenvalue weighted by Crippen LogP contribution is 2.29. The number of anilines is 1. The number of benzene rings is 2. The van der Waals surface area contributed by atoms with Gasteiger partial charge in [0.1, 0.15) is 0 Å². The van der Waals surface area contributed by atoms with Gasteiger partial charge in [-0.2, -0.15) is 0 Å². The van der Waals surface area contributed by atoms with E-state index >= 15 is 0 Å². The Morgan fingerprint density at radius 2 is 1.76 bits per heavy atom. The predicted molar refractivity (Wildman–Crippen MR) is 126 cm³/mol. The minimum Gasteiger partial charge on any atom is -0.490 e. The lowest BCUT2D eigenvalue weighted by atomic mass is 10.1. The Balaban J connectivity index is 1.74. The fourth-order valence-electron chi connectivity index (χ4n) is 3.62. The van der Waals surface area contributed by atoms with Crippen LogP contribution < -0.4 is 24.8 Å². The third-order valence-electron chi connectivity index (χ3n) is 5.20. The maximum Gasteiger partial charge on any atom is 0.253 e. The zero-order valence-corrected chi connectivity index (χ0v) is 19.8. The van der Waals surface area contributed by atoms with E-state index in [0.29, 0.717) is 69.7 Å². The van der Waals surface area contributed by atoms with Gasteiger partial charge in [-0.25, -0.2) is 13.6 Å². The van der Waals surface area contributed by atoms with Crippen LogP contribution in [-0.2, 0) is 21.2 Å². The molecule has 2 aromatic rings. The van der Waals surface area contributed by atoms with Crippen LogP contribution in [0.1, 0.15) is 29.8 Å². The first-order valence-corrected chi connectivity index (χ1v) is 12.5. The monoisotopic (exact) mass is 477 g/mol. The minimum absolute atomic E-state index is 0.0995. The van der Waals surface area contributed by atoms with Gasteiger partial charge in [-0.15, -0.1) is 0 Å². The average Bonchev–Trinajstić information content (AvgIpc) is 2.80. The molecular formula is C23H31N3O6S. The van der Waals surface area contributed by atoms with E-state index in [1.165, 1.54) is 12.1 Å². The number of hydrogen-bond donors (Lipinski definition) is 2. The fraction of sp³-hybridized carbons (Fsp3) is 0.435. The second kappa shape index (κ2) is 11.4. The van der Waals surface area contributed by atoms with Gasteiger partial charge in [-0.1, -0.05) is 6.07 Å². The second-order valence-corrected chi connectivity index (χ2v) is 9.04. The van der Waals surface area contributed by atoms with Gasteiger partial charge >= 0.3 is 0 Å². The first-order chi connectivity index (χ1) is 15.8. The summed E-state index contributed by atoms with van der Waals surface area (Å²) in [5, 5.41) is 8.18. The molecule has 1 aliphatic heterocycles. The molecule has 1 saturated heterocycles. The molecule has 0 radical (unpaired) electrons. The number of nitrogens with one attached hydrogen (secondary N) is 1. The zero-order valence-electron chi connectivity index (χ0n) is 19.0. The van der Waals surface area contributed by atoms with Crippen molar-refractivity contribution >= 4 is 21.6 Å². The number of amides is 1. The number of rotatable bonds is 10. The third kappa shape index (κ3) is 6.59. The maximum atomic E-state index is 13.0. The SMILES string of the molecule is CCOc1ccc(CCNC(=O)c2cc(S(N)(=O)=O)ccc2N2CCOCC2)cc1OCC. The van der Waals surface area contributed by atoms with E-state index in [1.54, 1.807) is 6.07 Å². The number of hydrogen-bond acceptors (Lipinski definition) is 7. The Hall–Kier alpha value is -2.82. The van der Waals surface area contributed by atoms with Crippen molar-refractivity contribution in [1.82, 2.24) is 5.32 Å². The molecule has 2 aromatic carbocycles. The number of carbonyl (C=O) groups excluding carboxylic acids is 1. The Kier molecular flexibility index (Phi) is 8.54. The number of sulfonamides is 1. The largest absolute Gasteiger partial charge is 0.490 e. The first kappa shape index (κ1) is 24.8. The third-order valence-corrected chi connectivity index (χ3v) is 6.11. The molecule has 1 amide bonds. The fourth-order valence-corrected chi connectivity index (χ4v) is 4.16. The number of carbonyl (C=O) groups is 1. The van der Waals surface area contributed by atoms with Gasteiger partial charge in [0.15, 0.2) is 11.5 Å². The highest BCUT2D eigenvalue weighted by Gasteiger charge is 2.21. The van der Waals surface area contributed by atoms with Crippen molar-refractivity contribution < 1.29 is 27.4 Å². The van der Waals surface area contributed by atoms with Gasteiger partial charge in [0.25, 0.3) is 5.91 Å². The summed E-state index contributed by atoms with van der Waals surface area (Å²) in [6.07, 6.45) is 0.569. The van der Waals surface area contributed by atoms with Gasteiger partial charge in [-0.3, -0.25) is 4.79 Å². The van der Waals surface area contributed by atoms with Crippen LogP contribution in [0.3, 0.4) is 0 Å². The van der Waals surface area contributed by atoms with Crippen LogP contribution in [-0.4, -0.2) is 60.4 Å². The summed E-state index contributed by atoms with van der Waals surface area (Å²) < 4.78 is 40.3. The number of nitrogens with two attached hydrogens (primary N) is 1. The molecular weight excluding hydrogens is 446 g/mol. The molecule has 0 saturated carbocycles. The van der Waals surface area contributed by atoms with Crippen molar-refractivity contribution in [2.24, 2.45) is 5.14 Å². The summed E-state index contributed by atoms with van der Waals surface area (Å²) in [7, 11) is -3.94. The van der Waals surface area contributed by atoms with Crippen molar-refractivity contribution in [2.45, 2.75) is 25.2 Å². The molecule has 3 rings (SSSR count). The lowest BCUT2D eigenvalue weighted by molar-refractivity contribution is 0.0952. The topological polar surface area (TPSA) is 120 Å². The van der Waals surface area contributed by atoms with Gasteiger partial charge in [0, 0.05) is 25.3 Å². The molecule has 1 heterocycles. The summed E-state index contributed by atoms with van der Waals surface area (Å²) in [6.45, 7) is 7.54. The van der Waals surface area contributed by atoms with E-state index in [0.717, 1.165) is 5.56 Å². The standard InChI is InChI=1S/C23H31N3O6S/c1-3-31-21-8-5-17(15-22(21)32-4-2)9-10-25-23(27)19-16-18(33(24,28)29)6-7-20(19)26-11-13-30-14-12-26/h5-8,15-16H,3-4,9-14H2,1-2H3,(H,25,27)(H2,24,28,29). The Bertz CT molecular complexity index is 1070. The molecule has 0 spiro atoms. The summed E-state index contributed by atoms with van der Waals surface area (Å²) in [4.78, 5) is 14.9. The van der Waals surface area contributed by atoms with Gasteiger partial charge in [0.05, 0.1) is 36.9 Å². The Morgan fingerprint density at radius 1 is 1.06 bits per heavy atom. The van der Waals surface area contributed by atoms with Gasteiger partial charge in [0.2, 0.25) is 10.0 Å². The van der Waals surface area contributed by atoms with E-state index < -0.39 is 10.0 Å². The van der Waals surface area contributed by atoms with Crippen molar-refractivity contribution in [3.05, 3.63) is 47.5 Å². The van der Waals surface area contributed by atoms with E-state index in [9.17, 15) is 13.2 Å². The molecule has 10 heteroatoms. The Morgan fingerprint density at radius 3 is 2.42 bits per heavy atom. The molecule has 1 aliphatic rings. The molecule has 33 heavy (non-hydrogen) atoms. The minimum atomic E-state index is -3.94. The molecule has 3 N–H and O–H groups in total. The molecule has 0 aliphatic carbocycles. The summed E-state index contributed by atoms with van der Waals surface area (Å²) in [5.41, 5.74) is 1.90. The van der Waals surface area contributed by atoms with Crippen LogP contribution in [0.4, 0.5) is 5.69 Å². The van der Waals surface area contributed by atoms with E-state index in [-0.39, 0.29) is 16.4 Å². The van der Waals surface area contributed by atoms with Gasteiger partial charge < -0.3 is 24.4 Å². The molecule has 0 unspecified atom stereocenters. The van der Waals surface area contributed by atoms with Crippen LogP contribution in [0, 0.1) is 0 Å². The van der Waals surface area contributed by atoms with Crippen molar-refractivity contribution in [3.63, 3.8) is 0 Å². The van der Waals surface area contributed by atoms with Crippen LogP contribution in [0.25, 0.3) is 0 Å². The molecule has 0 bridgehead atoms. The van der Waals surface area contributed by atoms with Crippen molar-refractivity contribution in [3.8, 4) is 11.5 Å². The molecule has 1 fully saturated rings. The van der Waals surface area contributed by atoms with E-state index in [4.69, 9.17) is 19.3 Å². The number of ether oxygens (including phenoxy) is 3. The molecule has 0 aromatic heterocycles. The van der Waals surface area contributed by atoms with Crippen LogP contribution in [0.15, 0.2) is 41.3 Å². The maximum absolute atomic E-state index is 13.0. The van der Waals surface area contributed by atoms with E-state index in [2.05, 4.69) is 5.32 Å². The first-order valence-electron chi connectivity index (χ1n) is 11.0. The highest BCUT2D eigenvalue weighted by molar-refractivity contribution is 7.89. The van der Waals surface area contributed by atoms with Crippen molar-refractivity contribution in [1.29, 1.82) is 0 Å². The second-order valence-electron chi connectivity index (χ2n) is 7.48. The van der Waals surface area contributed by atoms with Gasteiger partial charge in [-0.05, 0) is 56.2 Å². The quantitative estimate of drug-likeness (QED) is 0.537.